The van der Waals surface area contributed by atoms with Crippen molar-refractivity contribution in [3.63, 3.8) is 0 Å². The molecule has 0 radical (unpaired) electrons. The number of benzene rings is 3. The van der Waals surface area contributed by atoms with E-state index in [1.54, 1.807) is 6.26 Å². The molecule has 1 N–H and O–H groups in total. The Hall–Kier alpha value is -2.88. The average Bonchev–Trinajstić information content (AvgIpc) is 3.21. The largest absolute Gasteiger partial charge is 0.444 e. The lowest BCUT2D eigenvalue weighted by atomic mass is 9.99. The van der Waals surface area contributed by atoms with Gasteiger partial charge in [0, 0.05) is 12.6 Å². The summed E-state index contributed by atoms with van der Waals surface area (Å²) in [5, 5.41) is 4.26. The third-order valence-corrected chi connectivity index (χ3v) is 5.00. The highest BCUT2D eigenvalue weighted by Crippen LogP contribution is 2.27. The van der Waals surface area contributed by atoms with E-state index in [0.29, 0.717) is 17.5 Å². The Morgan fingerprint density at radius 3 is 2.29 bits per heavy atom. The molecule has 0 spiro atoms. The van der Waals surface area contributed by atoms with E-state index in [1.807, 2.05) is 36.4 Å². The zero-order chi connectivity index (χ0) is 19.2. The fraction of sp³-hybridized carbons (Fsp3) is 0.125. The van der Waals surface area contributed by atoms with E-state index >= 15 is 0 Å². The number of hydrogen-bond donors (Lipinski definition) is 1. The lowest BCUT2D eigenvalue weighted by Gasteiger charge is -2.19. The van der Waals surface area contributed by atoms with Gasteiger partial charge in [0.25, 0.3) is 0 Å². The first-order valence-corrected chi connectivity index (χ1v) is 9.69. The van der Waals surface area contributed by atoms with Crippen molar-refractivity contribution >= 4 is 11.6 Å². The molecule has 3 nitrogen and oxygen atoms in total. The first-order chi connectivity index (χ1) is 13.8. The highest BCUT2D eigenvalue weighted by atomic mass is 35.5. The summed E-state index contributed by atoms with van der Waals surface area (Å²) in [7, 11) is 0. The summed E-state index contributed by atoms with van der Waals surface area (Å²) in [6.07, 6.45) is 2.59. The van der Waals surface area contributed by atoms with Crippen molar-refractivity contribution in [1.29, 1.82) is 0 Å². The summed E-state index contributed by atoms with van der Waals surface area (Å²) < 4.78 is 5.65. The fourth-order valence-corrected chi connectivity index (χ4v) is 3.43. The van der Waals surface area contributed by atoms with Crippen LogP contribution < -0.4 is 5.32 Å². The van der Waals surface area contributed by atoms with Gasteiger partial charge in [-0.2, -0.15) is 0 Å². The quantitative estimate of drug-likeness (QED) is 0.417. The molecule has 3 aromatic carbocycles. The Labute approximate surface area is 170 Å². The SMILES string of the molecule is Clc1ccccc1-c1nc(CNC(Cc2ccccc2)c2ccccc2)co1. The molecular weight excluding hydrogens is 368 g/mol. The molecule has 4 rings (SSSR count). The van der Waals surface area contributed by atoms with Crippen LogP contribution in [-0.4, -0.2) is 4.98 Å². The zero-order valence-electron chi connectivity index (χ0n) is 15.4. The van der Waals surface area contributed by atoms with Crippen LogP contribution in [0.1, 0.15) is 22.9 Å². The van der Waals surface area contributed by atoms with Gasteiger partial charge in [-0.25, -0.2) is 4.98 Å². The summed E-state index contributed by atoms with van der Waals surface area (Å²) in [6.45, 7) is 0.611. The van der Waals surface area contributed by atoms with Gasteiger partial charge in [-0.05, 0) is 29.7 Å². The maximum Gasteiger partial charge on any atom is 0.227 e. The first-order valence-electron chi connectivity index (χ1n) is 9.31. The molecular formula is C24H21ClN2O. The van der Waals surface area contributed by atoms with Crippen molar-refractivity contribution in [1.82, 2.24) is 10.3 Å². The number of hydrogen-bond acceptors (Lipinski definition) is 3. The number of halogens is 1. The van der Waals surface area contributed by atoms with Gasteiger partial charge in [0.05, 0.1) is 16.3 Å². The van der Waals surface area contributed by atoms with E-state index in [1.165, 1.54) is 11.1 Å². The van der Waals surface area contributed by atoms with Gasteiger partial charge in [-0.15, -0.1) is 0 Å². The predicted molar refractivity (Wildman–Crippen MR) is 113 cm³/mol. The Kier molecular flexibility index (Phi) is 5.86. The highest BCUT2D eigenvalue weighted by molar-refractivity contribution is 6.33. The van der Waals surface area contributed by atoms with Gasteiger partial charge in [0.1, 0.15) is 6.26 Å². The smallest absolute Gasteiger partial charge is 0.227 e. The third-order valence-electron chi connectivity index (χ3n) is 4.67. The van der Waals surface area contributed by atoms with Crippen molar-refractivity contribution < 1.29 is 4.42 Å². The van der Waals surface area contributed by atoms with Crippen molar-refractivity contribution in [3.05, 3.63) is 113 Å². The molecule has 0 bridgehead atoms. The Balaban J connectivity index is 1.49. The van der Waals surface area contributed by atoms with Crippen LogP contribution in [0.25, 0.3) is 11.5 Å². The molecule has 1 atom stereocenters. The molecule has 28 heavy (non-hydrogen) atoms. The van der Waals surface area contributed by atoms with Gasteiger partial charge < -0.3 is 9.73 Å². The Morgan fingerprint density at radius 2 is 1.54 bits per heavy atom. The molecule has 4 aromatic rings. The molecule has 0 fully saturated rings. The lowest BCUT2D eigenvalue weighted by molar-refractivity contribution is 0.521. The lowest BCUT2D eigenvalue weighted by Crippen LogP contribution is -2.23. The van der Waals surface area contributed by atoms with Crippen molar-refractivity contribution in [2.45, 2.75) is 19.0 Å². The van der Waals surface area contributed by atoms with Crippen molar-refractivity contribution in [2.75, 3.05) is 0 Å². The summed E-state index contributed by atoms with van der Waals surface area (Å²) in [4.78, 5) is 4.60. The summed E-state index contributed by atoms with van der Waals surface area (Å²) in [5.41, 5.74) is 4.20. The van der Waals surface area contributed by atoms with E-state index in [4.69, 9.17) is 16.0 Å². The molecule has 140 valence electrons. The molecule has 0 aliphatic rings. The summed E-state index contributed by atoms with van der Waals surface area (Å²) in [6, 6.07) is 28.7. The number of oxazole rings is 1. The maximum absolute atomic E-state index is 6.25. The van der Waals surface area contributed by atoms with Crippen LogP contribution in [0.2, 0.25) is 5.02 Å². The molecule has 4 heteroatoms. The standard InChI is InChI=1S/C24H21ClN2O/c25-22-14-8-7-13-21(22)24-27-20(17-28-24)16-26-23(19-11-5-2-6-12-19)15-18-9-3-1-4-10-18/h1-14,17,23,26H,15-16H2. The molecule has 0 aliphatic heterocycles. The minimum Gasteiger partial charge on any atom is -0.444 e. The number of aromatic nitrogens is 1. The number of nitrogens with zero attached hydrogens (tertiary/aromatic N) is 1. The van der Waals surface area contributed by atoms with Gasteiger partial charge in [0.15, 0.2) is 0 Å². The second-order valence-corrected chi connectivity index (χ2v) is 7.06. The molecule has 1 heterocycles. The monoisotopic (exact) mass is 388 g/mol. The van der Waals surface area contributed by atoms with Crippen LogP contribution in [0.5, 0.6) is 0 Å². The molecule has 0 saturated heterocycles. The topological polar surface area (TPSA) is 38.1 Å². The maximum atomic E-state index is 6.25. The first kappa shape index (κ1) is 18.5. The normalized spacial score (nSPS) is 12.0. The van der Waals surface area contributed by atoms with E-state index in [9.17, 15) is 0 Å². The Morgan fingerprint density at radius 1 is 0.857 bits per heavy atom. The minimum absolute atomic E-state index is 0.184. The number of nitrogens with one attached hydrogen (secondary N) is 1. The van der Waals surface area contributed by atoms with Gasteiger partial charge >= 0.3 is 0 Å². The van der Waals surface area contributed by atoms with Gasteiger partial charge in [-0.1, -0.05) is 84.4 Å². The van der Waals surface area contributed by atoms with E-state index in [0.717, 1.165) is 17.7 Å². The van der Waals surface area contributed by atoms with Crippen LogP contribution in [0, 0.1) is 0 Å². The average molecular weight is 389 g/mol. The molecule has 0 aliphatic carbocycles. The molecule has 1 aromatic heterocycles. The second kappa shape index (κ2) is 8.87. The highest BCUT2D eigenvalue weighted by Gasteiger charge is 2.14. The van der Waals surface area contributed by atoms with Crippen molar-refractivity contribution in [2.24, 2.45) is 0 Å². The van der Waals surface area contributed by atoms with Crippen LogP contribution in [0.3, 0.4) is 0 Å². The molecule has 0 saturated carbocycles. The zero-order valence-corrected chi connectivity index (χ0v) is 16.1. The molecule has 0 amide bonds. The van der Waals surface area contributed by atoms with Gasteiger partial charge in [0.2, 0.25) is 5.89 Å². The van der Waals surface area contributed by atoms with Crippen LogP contribution in [-0.2, 0) is 13.0 Å². The Bertz CT molecular complexity index is 1010. The third kappa shape index (κ3) is 4.50. The van der Waals surface area contributed by atoms with Crippen molar-refractivity contribution in [3.8, 4) is 11.5 Å². The van der Waals surface area contributed by atoms with E-state index < -0.39 is 0 Å². The van der Waals surface area contributed by atoms with Crippen LogP contribution in [0.15, 0.2) is 95.6 Å². The van der Waals surface area contributed by atoms with E-state index in [-0.39, 0.29) is 6.04 Å². The molecule has 1 unspecified atom stereocenters. The van der Waals surface area contributed by atoms with Gasteiger partial charge in [-0.3, -0.25) is 0 Å². The number of rotatable bonds is 7. The van der Waals surface area contributed by atoms with Crippen LogP contribution >= 0.6 is 11.6 Å². The second-order valence-electron chi connectivity index (χ2n) is 6.66. The predicted octanol–water partition coefficient (Wildman–Crippen LogP) is 6.07. The minimum atomic E-state index is 0.184. The van der Waals surface area contributed by atoms with E-state index in [2.05, 4.69) is 58.8 Å². The van der Waals surface area contributed by atoms with Crippen LogP contribution in [0.4, 0.5) is 0 Å². The summed E-state index contributed by atoms with van der Waals surface area (Å²) in [5.74, 6) is 0.543. The fourth-order valence-electron chi connectivity index (χ4n) is 3.22. The summed E-state index contributed by atoms with van der Waals surface area (Å²) >= 11 is 6.25.